The van der Waals surface area contributed by atoms with Crippen molar-refractivity contribution < 1.29 is 32.2 Å². The van der Waals surface area contributed by atoms with Crippen molar-refractivity contribution in [2.24, 2.45) is 0 Å². The summed E-state index contributed by atoms with van der Waals surface area (Å²) in [6.45, 7) is 0. The lowest BCUT2D eigenvalue weighted by Crippen LogP contribution is -2.32. The van der Waals surface area contributed by atoms with Gasteiger partial charge in [-0.1, -0.05) is 12.1 Å². The van der Waals surface area contributed by atoms with Gasteiger partial charge in [0.25, 0.3) is 11.8 Å². The van der Waals surface area contributed by atoms with Crippen molar-refractivity contribution in [1.82, 2.24) is 0 Å². The van der Waals surface area contributed by atoms with Gasteiger partial charge in [0.1, 0.15) is 11.5 Å². The fourth-order valence-electron chi connectivity index (χ4n) is 3.45. The summed E-state index contributed by atoms with van der Waals surface area (Å²) in [6.07, 6.45) is 0. The fraction of sp³-hybridized carbons (Fsp3) is 0.0833. The second-order valence-corrected chi connectivity index (χ2v) is 7.00. The van der Waals surface area contributed by atoms with Gasteiger partial charge in [-0.2, -0.15) is 0 Å². The molecule has 0 aromatic heterocycles. The van der Waals surface area contributed by atoms with Crippen molar-refractivity contribution in [1.29, 1.82) is 0 Å². The van der Waals surface area contributed by atoms with Gasteiger partial charge in [-0.3, -0.25) is 9.59 Å². The quantitative estimate of drug-likeness (QED) is 0.555. The van der Waals surface area contributed by atoms with Crippen molar-refractivity contribution >= 4 is 28.8 Å². The van der Waals surface area contributed by atoms with Crippen molar-refractivity contribution in [2.75, 3.05) is 24.4 Å². The lowest BCUT2D eigenvalue weighted by Gasteiger charge is -2.17. The Hall–Kier alpha value is -4.27. The fourth-order valence-corrected chi connectivity index (χ4v) is 3.45. The Kier molecular flexibility index (Phi) is 5.78. The largest absolute Gasteiger partial charge is 0.493 e. The molecule has 0 unspecified atom stereocenters. The molecule has 0 atom stereocenters. The second-order valence-electron chi connectivity index (χ2n) is 7.00. The van der Waals surface area contributed by atoms with Crippen LogP contribution in [0, 0.1) is 17.5 Å². The molecular formula is C24H17F3N2O4. The maximum Gasteiger partial charge on any atom is 0.282 e. The molecule has 9 heteroatoms. The van der Waals surface area contributed by atoms with Crippen LogP contribution >= 0.6 is 0 Å². The van der Waals surface area contributed by atoms with Gasteiger partial charge in [-0.05, 0) is 42.0 Å². The van der Waals surface area contributed by atoms with Crippen LogP contribution in [0.4, 0.5) is 24.5 Å². The maximum atomic E-state index is 13.7. The van der Waals surface area contributed by atoms with Gasteiger partial charge in [0.2, 0.25) is 0 Å². The number of ether oxygens (including phenoxy) is 2. The summed E-state index contributed by atoms with van der Waals surface area (Å²) in [7, 11) is 2.86. The zero-order valence-corrected chi connectivity index (χ0v) is 17.5. The zero-order valence-electron chi connectivity index (χ0n) is 17.5. The number of methoxy groups -OCH3 is 2. The number of carbonyl (C=O) groups is 2. The lowest BCUT2D eigenvalue weighted by atomic mass is 10.0. The number of nitrogens with one attached hydrogen (secondary N) is 1. The summed E-state index contributed by atoms with van der Waals surface area (Å²) in [6, 6.07) is 12.5. The minimum absolute atomic E-state index is 0.0545. The molecule has 3 aromatic rings. The van der Waals surface area contributed by atoms with Gasteiger partial charge in [-0.25, -0.2) is 18.1 Å². The topological polar surface area (TPSA) is 67.9 Å². The van der Waals surface area contributed by atoms with Crippen molar-refractivity contribution in [3.05, 3.63) is 89.4 Å². The molecule has 0 saturated heterocycles. The molecule has 3 aromatic carbocycles. The number of halogens is 3. The van der Waals surface area contributed by atoms with Gasteiger partial charge >= 0.3 is 0 Å². The molecule has 1 aliphatic rings. The molecule has 0 fully saturated rings. The number of nitrogens with zero attached hydrogens (tertiary/aromatic N) is 1. The van der Waals surface area contributed by atoms with Gasteiger partial charge in [0.15, 0.2) is 23.1 Å². The molecule has 33 heavy (non-hydrogen) atoms. The number of imide groups is 1. The van der Waals surface area contributed by atoms with Crippen LogP contribution < -0.4 is 19.7 Å². The molecule has 0 bridgehead atoms. The average Bonchev–Trinajstić information content (AvgIpc) is 3.05. The van der Waals surface area contributed by atoms with Gasteiger partial charge in [0.05, 0.1) is 25.5 Å². The van der Waals surface area contributed by atoms with Crippen LogP contribution in [0.5, 0.6) is 11.5 Å². The number of hydrogen-bond acceptors (Lipinski definition) is 5. The van der Waals surface area contributed by atoms with E-state index in [2.05, 4.69) is 5.32 Å². The van der Waals surface area contributed by atoms with E-state index in [1.165, 1.54) is 50.6 Å². The van der Waals surface area contributed by atoms with E-state index >= 15 is 0 Å². The monoisotopic (exact) mass is 454 g/mol. The first kappa shape index (κ1) is 21.9. The predicted octanol–water partition coefficient (Wildman–Crippen LogP) is 4.52. The second kappa shape index (κ2) is 8.70. The smallest absolute Gasteiger partial charge is 0.282 e. The van der Waals surface area contributed by atoms with Crippen molar-refractivity contribution in [3.8, 4) is 11.5 Å². The van der Waals surface area contributed by atoms with Crippen molar-refractivity contribution in [3.63, 3.8) is 0 Å². The first-order valence-corrected chi connectivity index (χ1v) is 9.67. The summed E-state index contributed by atoms with van der Waals surface area (Å²) in [4.78, 5) is 27.6. The molecule has 1 N–H and O–H groups in total. The highest BCUT2D eigenvalue weighted by molar-refractivity contribution is 6.46. The Balaban J connectivity index is 1.82. The molecule has 1 aliphatic heterocycles. The van der Waals surface area contributed by atoms with Crippen LogP contribution in [-0.2, 0) is 9.59 Å². The third kappa shape index (κ3) is 4.00. The average molecular weight is 454 g/mol. The van der Waals surface area contributed by atoms with Gasteiger partial charge < -0.3 is 14.8 Å². The van der Waals surface area contributed by atoms with Crippen LogP contribution in [0.1, 0.15) is 5.56 Å². The summed E-state index contributed by atoms with van der Waals surface area (Å²) >= 11 is 0. The first-order valence-electron chi connectivity index (χ1n) is 9.67. The molecule has 0 spiro atoms. The number of anilines is 2. The van der Waals surface area contributed by atoms with Crippen LogP contribution in [-0.4, -0.2) is 26.0 Å². The van der Waals surface area contributed by atoms with Gasteiger partial charge in [-0.15, -0.1) is 0 Å². The van der Waals surface area contributed by atoms with Gasteiger partial charge in [0, 0.05) is 17.8 Å². The molecule has 0 aliphatic carbocycles. The van der Waals surface area contributed by atoms with Crippen LogP contribution in [0.2, 0.25) is 0 Å². The Morgan fingerprint density at radius 3 is 2.09 bits per heavy atom. The molecule has 0 radical (unpaired) electrons. The zero-order chi connectivity index (χ0) is 23.7. The highest BCUT2D eigenvalue weighted by Gasteiger charge is 2.40. The number of amides is 2. The summed E-state index contributed by atoms with van der Waals surface area (Å²) in [5.41, 5.74) is 0.290. The molecule has 6 nitrogen and oxygen atoms in total. The maximum absolute atomic E-state index is 13.7. The third-order valence-electron chi connectivity index (χ3n) is 5.03. The molecular weight excluding hydrogens is 437 g/mol. The van der Waals surface area contributed by atoms with E-state index in [0.717, 1.165) is 29.2 Å². The SMILES string of the molecule is COc1ccc(N2C(=O)C(Nc3ccc(F)c(F)c3)=C(c3ccc(F)cc3)C2=O)cc1OC. The van der Waals surface area contributed by atoms with Crippen LogP contribution in [0.15, 0.2) is 66.4 Å². The van der Waals surface area contributed by atoms with E-state index in [1.54, 1.807) is 0 Å². The number of hydrogen-bond donors (Lipinski definition) is 1. The first-order chi connectivity index (χ1) is 15.8. The minimum Gasteiger partial charge on any atom is -0.493 e. The van der Waals surface area contributed by atoms with Crippen molar-refractivity contribution in [2.45, 2.75) is 0 Å². The van der Waals surface area contributed by atoms with Crippen LogP contribution in [0.3, 0.4) is 0 Å². The molecule has 0 saturated carbocycles. The molecule has 168 valence electrons. The molecule has 1 heterocycles. The third-order valence-corrected chi connectivity index (χ3v) is 5.03. The minimum atomic E-state index is -1.13. The molecule has 4 rings (SSSR count). The van der Waals surface area contributed by atoms with E-state index in [9.17, 15) is 22.8 Å². The van der Waals surface area contributed by atoms with E-state index in [4.69, 9.17) is 9.47 Å². The Morgan fingerprint density at radius 2 is 1.45 bits per heavy atom. The molecule has 2 amide bonds. The predicted molar refractivity (Wildman–Crippen MR) is 115 cm³/mol. The summed E-state index contributed by atoms with van der Waals surface area (Å²) < 4.78 is 51.0. The summed E-state index contributed by atoms with van der Waals surface area (Å²) in [5.74, 6) is -3.46. The van der Waals surface area contributed by atoms with E-state index < -0.39 is 29.3 Å². The number of carbonyl (C=O) groups excluding carboxylic acids is 2. The summed E-state index contributed by atoms with van der Waals surface area (Å²) in [5, 5.41) is 2.71. The van der Waals surface area contributed by atoms with E-state index in [1.807, 2.05) is 0 Å². The standard InChI is InChI=1S/C24H17F3N2O4/c1-32-19-10-8-16(12-20(19)33-2)29-23(30)21(13-3-5-14(25)6-4-13)22(24(29)31)28-15-7-9-17(26)18(27)11-15/h3-12,28H,1-2H3. The highest BCUT2D eigenvalue weighted by atomic mass is 19.2. The highest BCUT2D eigenvalue weighted by Crippen LogP contribution is 2.37. The lowest BCUT2D eigenvalue weighted by molar-refractivity contribution is -0.120. The Bertz CT molecular complexity index is 1290. The number of benzene rings is 3. The number of rotatable bonds is 6. The van der Waals surface area contributed by atoms with E-state index in [0.29, 0.717) is 11.5 Å². The van der Waals surface area contributed by atoms with Crippen LogP contribution in [0.25, 0.3) is 5.57 Å². The van der Waals surface area contributed by atoms with E-state index in [-0.39, 0.29) is 28.2 Å². The Morgan fingerprint density at radius 1 is 0.758 bits per heavy atom. The Labute approximate surface area is 186 Å². The normalized spacial score (nSPS) is 13.5.